The van der Waals surface area contributed by atoms with E-state index in [0.717, 1.165) is 30.7 Å². The van der Waals surface area contributed by atoms with Crippen LogP contribution in [-0.2, 0) is 16.9 Å². The predicted molar refractivity (Wildman–Crippen MR) is 95.6 cm³/mol. The van der Waals surface area contributed by atoms with Crippen molar-refractivity contribution < 1.29 is 18.3 Å². The van der Waals surface area contributed by atoms with Gasteiger partial charge in [-0.05, 0) is 24.6 Å². The molecule has 1 aromatic heterocycles. The van der Waals surface area contributed by atoms with E-state index in [1.54, 1.807) is 12.1 Å². The quantitative estimate of drug-likeness (QED) is 0.767. The molecule has 1 fully saturated rings. The third-order valence-electron chi connectivity index (χ3n) is 4.32. The van der Waals surface area contributed by atoms with Gasteiger partial charge in [-0.15, -0.1) is 0 Å². The zero-order valence-corrected chi connectivity index (χ0v) is 15.1. The largest absolute Gasteiger partial charge is 0.391 e. The Morgan fingerprint density at radius 2 is 2.20 bits per heavy atom. The number of hydrogen-bond donors (Lipinski definition) is 2. The smallest absolute Gasteiger partial charge is 0.251 e. The first-order valence-electron chi connectivity index (χ1n) is 8.10. The number of benzene rings is 1. The molecule has 3 rings (SSSR count). The van der Waals surface area contributed by atoms with Gasteiger partial charge < -0.3 is 19.9 Å². The second-order valence-corrected chi connectivity index (χ2v) is 8.71. The molecular weight excluding hydrogens is 344 g/mol. The highest BCUT2D eigenvalue weighted by Crippen LogP contribution is 2.25. The Balaban J connectivity index is 1.79. The summed E-state index contributed by atoms with van der Waals surface area (Å²) in [4.78, 5) is 18.8. The van der Waals surface area contributed by atoms with Gasteiger partial charge in [-0.2, -0.15) is 0 Å². The van der Waals surface area contributed by atoms with Crippen molar-refractivity contribution in [2.75, 3.05) is 36.5 Å². The molecular formula is C16H22N4O4S. The summed E-state index contributed by atoms with van der Waals surface area (Å²) in [5.74, 6) is 0.349. The molecule has 1 aromatic carbocycles. The minimum atomic E-state index is -3.11. The Hall–Kier alpha value is -2.13. The molecule has 8 nitrogen and oxygen atoms in total. The molecule has 0 radical (unpaired) electrons. The third-order valence-corrected chi connectivity index (χ3v) is 5.27. The summed E-state index contributed by atoms with van der Waals surface area (Å²) in [6, 6.07) is 5.22. The van der Waals surface area contributed by atoms with E-state index in [9.17, 15) is 18.3 Å². The number of aliphatic hydroxyl groups excluding tert-OH is 1. The Kier molecular flexibility index (Phi) is 4.70. The first-order valence-corrected chi connectivity index (χ1v) is 10.2. The summed E-state index contributed by atoms with van der Waals surface area (Å²) in [6.07, 6.45) is 1.52. The summed E-state index contributed by atoms with van der Waals surface area (Å²) in [6.45, 7) is 1.38. The molecule has 2 heterocycles. The van der Waals surface area contributed by atoms with Gasteiger partial charge in [0.25, 0.3) is 5.91 Å². The molecule has 0 spiro atoms. The van der Waals surface area contributed by atoms with Crippen LogP contribution in [0.4, 0.5) is 5.95 Å². The maximum atomic E-state index is 12.2. The number of rotatable bonds is 5. The number of aromatic nitrogens is 2. The van der Waals surface area contributed by atoms with Crippen LogP contribution in [-0.4, -0.2) is 66.7 Å². The second kappa shape index (κ2) is 6.64. The van der Waals surface area contributed by atoms with Gasteiger partial charge in [-0.3, -0.25) is 4.79 Å². The molecule has 2 N–H and O–H groups in total. The predicted octanol–water partition coefficient (Wildman–Crippen LogP) is -0.0813. The number of carbonyl (C=O) groups excluding carboxylic acids is 1. The normalized spacial score (nSPS) is 18.0. The summed E-state index contributed by atoms with van der Waals surface area (Å²) in [7, 11) is -1.21. The molecule has 1 aliphatic heterocycles. The number of sulfone groups is 1. The summed E-state index contributed by atoms with van der Waals surface area (Å²) in [5, 5.41) is 12.3. The molecule has 136 valence electrons. The maximum Gasteiger partial charge on any atom is 0.251 e. The highest BCUT2D eigenvalue weighted by atomic mass is 32.2. The number of anilines is 1. The van der Waals surface area contributed by atoms with E-state index < -0.39 is 9.84 Å². The van der Waals surface area contributed by atoms with Gasteiger partial charge in [0, 0.05) is 38.5 Å². The van der Waals surface area contributed by atoms with Crippen molar-refractivity contribution >= 4 is 32.7 Å². The zero-order chi connectivity index (χ0) is 18.2. The topological polar surface area (TPSA) is 105 Å². The SMILES string of the molecule is Cn1c(N2CC[C@H](O)C2)nc2cc(C(=O)NCCS(C)(=O)=O)ccc21. The van der Waals surface area contributed by atoms with E-state index in [2.05, 4.69) is 10.3 Å². The van der Waals surface area contributed by atoms with Crippen molar-refractivity contribution in [1.82, 2.24) is 14.9 Å². The molecule has 0 bridgehead atoms. The first kappa shape index (κ1) is 17.7. The van der Waals surface area contributed by atoms with Crippen LogP contribution in [0.2, 0.25) is 0 Å². The first-order chi connectivity index (χ1) is 11.7. The lowest BCUT2D eigenvalue weighted by Gasteiger charge is -2.16. The highest BCUT2D eigenvalue weighted by molar-refractivity contribution is 7.90. The molecule has 1 saturated heterocycles. The summed E-state index contributed by atoms with van der Waals surface area (Å²) in [5.41, 5.74) is 2.02. The number of carbonyl (C=O) groups is 1. The molecule has 9 heteroatoms. The highest BCUT2D eigenvalue weighted by Gasteiger charge is 2.24. The minimum Gasteiger partial charge on any atom is -0.391 e. The van der Waals surface area contributed by atoms with Crippen molar-refractivity contribution in [2.24, 2.45) is 7.05 Å². The Morgan fingerprint density at radius 1 is 1.44 bits per heavy atom. The van der Waals surface area contributed by atoms with Gasteiger partial charge in [0.1, 0.15) is 9.84 Å². The van der Waals surface area contributed by atoms with Crippen molar-refractivity contribution in [2.45, 2.75) is 12.5 Å². The van der Waals surface area contributed by atoms with Gasteiger partial charge in [0.05, 0.1) is 22.9 Å². The second-order valence-electron chi connectivity index (χ2n) is 6.45. The van der Waals surface area contributed by atoms with Gasteiger partial charge in [-0.1, -0.05) is 0 Å². The van der Waals surface area contributed by atoms with Crippen molar-refractivity contribution in [3.05, 3.63) is 23.8 Å². The van der Waals surface area contributed by atoms with Gasteiger partial charge in [0.2, 0.25) is 5.95 Å². The fourth-order valence-electron chi connectivity index (χ4n) is 2.99. The van der Waals surface area contributed by atoms with Gasteiger partial charge >= 0.3 is 0 Å². The van der Waals surface area contributed by atoms with Gasteiger partial charge in [0.15, 0.2) is 0 Å². The fraction of sp³-hybridized carbons (Fsp3) is 0.500. The molecule has 0 unspecified atom stereocenters. The molecule has 1 amide bonds. The van der Waals surface area contributed by atoms with E-state index in [4.69, 9.17) is 0 Å². The number of imidazole rings is 1. The van der Waals surface area contributed by atoms with E-state index in [1.165, 1.54) is 0 Å². The van der Waals surface area contributed by atoms with Crippen LogP contribution in [0.25, 0.3) is 11.0 Å². The number of β-amino-alcohol motifs (C(OH)–C–C–N with tert-alkyl or cyclic N) is 1. The monoisotopic (exact) mass is 366 g/mol. The summed E-state index contributed by atoms with van der Waals surface area (Å²) >= 11 is 0. The number of hydrogen-bond acceptors (Lipinski definition) is 6. The van der Waals surface area contributed by atoms with Crippen molar-refractivity contribution in [1.29, 1.82) is 0 Å². The fourth-order valence-corrected chi connectivity index (χ4v) is 3.46. The number of aliphatic hydroxyl groups is 1. The molecule has 1 aliphatic rings. The summed E-state index contributed by atoms with van der Waals surface area (Å²) < 4.78 is 24.2. The number of aryl methyl sites for hydroxylation is 1. The van der Waals surface area contributed by atoms with E-state index in [-0.39, 0.29) is 24.3 Å². The van der Waals surface area contributed by atoms with E-state index in [1.807, 2.05) is 22.6 Å². The Morgan fingerprint density at radius 3 is 2.84 bits per heavy atom. The third kappa shape index (κ3) is 3.93. The average Bonchev–Trinajstić information content (AvgIpc) is 3.09. The molecule has 0 aliphatic carbocycles. The van der Waals surface area contributed by atoms with Crippen LogP contribution in [0.3, 0.4) is 0 Å². The van der Waals surface area contributed by atoms with Crippen LogP contribution in [0, 0.1) is 0 Å². The Bertz CT molecular complexity index is 906. The number of nitrogens with one attached hydrogen (secondary N) is 1. The standard InChI is InChI=1S/C16H22N4O4S/c1-19-14-4-3-11(15(22)17-6-8-25(2,23)24)9-13(14)18-16(19)20-7-5-12(21)10-20/h3-4,9,12,21H,5-8,10H2,1-2H3,(H,17,22)/t12-/m0/s1. The van der Waals surface area contributed by atoms with Crippen LogP contribution in [0.1, 0.15) is 16.8 Å². The van der Waals surface area contributed by atoms with Crippen LogP contribution >= 0.6 is 0 Å². The number of amides is 1. The number of nitrogens with zero attached hydrogens (tertiary/aromatic N) is 3. The van der Waals surface area contributed by atoms with Crippen molar-refractivity contribution in [3.63, 3.8) is 0 Å². The van der Waals surface area contributed by atoms with Gasteiger partial charge in [-0.25, -0.2) is 13.4 Å². The lowest BCUT2D eigenvalue weighted by Crippen LogP contribution is -2.28. The van der Waals surface area contributed by atoms with Crippen LogP contribution in [0.5, 0.6) is 0 Å². The van der Waals surface area contributed by atoms with E-state index in [0.29, 0.717) is 17.6 Å². The Labute approximate surface area is 146 Å². The molecule has 2 aromatic rings. The number of fused-ring (bicyclic) bond motifs is 1. The molecule has 1 atom stereocenters. The van der Waals surface area contributed by atoms with Crippen LogP contribution in [0.15, 0.2) is 18.2 Å². The van der Waals surface area contributed by atoms with Crippen molar-refractivity contribution in [3.8, 4) is 0 Å². The van der Waals surface area contributed by atoms with Crippen LogP contribution < -0.4 is 10.2 Å². The lowest BCUT2D eigenvalue weighted by atomic mass is 10.2. The van der Waals surface area contributed by atoms with E-state index >= 15 is 0 Å². The average molecular weight is 366 g/mol. The maximum absolute atomic E-state index is 12.2. The molecule has 25 heavy (non-hydrogen) atoms. The minimum absolute atomic E-state index is 0.0782. The zero-order valence-electron chi connectivity index (χ0n) is 14.3. The lowest BCUT2D eigenvalue weighted by molar-refractivity contribution is 0.0956. The molecule has 0 saturated carbocycles.